The van der Waals surface area contributed by atoms with E-state index in [2.05, 4.69) is 23.6 Å². The molecular weight excluding hydrogens is 392 g/mol. The number of carbonyl (C=O) groups excluding carboxylic acids is 2. The van der Waals surface area contributed by atoms with Crippen molar-refractivity contribution >= 4 is 12.0 Å². The molecule has 0 heterocycles. The molecular formula is C25H42N2O4. The smallest absolute Gasteiger partial charge is 0.407 e. The molecule has 0 bridgehead atoms. The lowest BCUT2D eigenvalue weighted by atomic mass is 10.00. The molecule has 6 heteroatoms. The molecule has 0 atom stereocenters. The monoisotopic (exact) mass is 434 g/mol. The minimum absolute atomic E-state index is 0.0137. The summed E-state index contributed by atoms with van der Waals surface area (Å²) in [4.78, 5) is 23.4. The van der Waals surface area contributed by atoms with Gasteiger partial charge in [0.05, 0.1) is 0 Å². The van der Waals surface area contributed by atoms with Crippen LogP contribution in [0.2, 0.25) is 0 Å². The van der Waals surface area contributed by atoms with E-state index in [4.69, 9.17) is 4.74 Å². The predicted octanol–water partition coefficient (Wildman–Crippen LogP) is 5.26. The van der Waals surface area contributed by atoms with Gasteiger partial charge in [0.25, 0.3) is 0 Å². The third kappa shape index (κ3) is 13.6. The van der Waals surface area contributed by atoms with Gasteiger partial charge in [0, 0.05) is 19.5 Å². The van der Waals surface area contributed by atoms with E-state index in [0.717, 1.165) is 50.5 Å². The van der Waals surface area contributed by atoms with Crippen molar-refractivity contribution in [3.8, 4) is 5.75 Å². The predicted molar refractivity (Wildman–Crippen MR) is 125 cm³/mol. The van der Waals surface area contributed by atoms with Gasteiger partial charge < -0.3 is 20.5 Å². The topological polar surface area (TPSA) is 87.7 Å². The number of amides is 2. The van der Waals surface area contributed by atoms with Crippen LogP contribution in [0.1, 0.15) is 90.2 Å². The van der Waals surface area contributed by atoms with Gasteiger partial charge in [-0.05, 0) is 70.1 Å². The molecule has 0 saturated carbocycles. The first kappa shape index (κ1) is 26.8. The molecule has 1 aromatic carbocycles. The highest BCUT2D eigenvalue weighted by Crippen LogP contribution is 2.22. The van der Waals surface area contributed by atoms with Crippen molar-refractivity contribution < 1.29 is 19.4 Å². The summed E-state index contributed by atoms with van der Waals surface area (Å²) in [7, 11) is 0. The van der Waals surface area contributed by atoms with Crippen molar-refractivity contribution in [2.24, 2.45) is 0 Å². The Balaban J connectivity index is 2.06. The number of carbonyl (C=O) groups is 2. The zero-order valence-corrected chi connectivity index (χ0v) is 19.9. The number of unbranched alkanes of at least 4 members (excludes halogenated alkanes) is 5. The Morgan fingerprint density at radius 1 is 0.935 bits per heavy atom. The molecule has 1 aromatic rings. The van der Waals surface area contributed by atoms with Gasteiger partial charge in [-0.1, -0.05) is 44.7 Å². The minimum atomic E-state index is -0.521. The van der Waals surface area contributed by atoms with E-state index < -0.39 is 11.7 Å². The average molecular weight is 435 g/mol. The van der Waals surface area contributed by atoms with Crippen LogP contribution in [0.4, 0.5) is 4.79 Å². The molecule has 0 spiro atoms. The number of nitrogens with one attached hydrogen (secondary N) is 2. The quantitative estimate of drug-likeness (QED) is 0.349. The number of hydrogen-bond acceptors (Lipinski definition) is 4. The van der Waals surface area contributed by atoms with E-state index in [1.54, 1.807) is 0 Å². The number of ether oxygens (including phenoxy) is 1. The summed E-state index contributed by atoms with van der Waals surface area (Å²) in [5.74, 6) is 0.415. The standard InChI is InChI=1S/C25H42N2O4/c1-5-6-12-20-15-16-22(28)21(19-20)13-10-8-7-9-11-14-23(29)26-17-18-27-24(30)31-25(2,3)4/h15-16,19,28H,5-14,17-18H2,1-4H3,(H,26,29)(H,27,30). The van der Waals surface area contributed by atoms with E-state index in [0.29, 0.717) is 25.3 Å². The Kier molecular flexibility index (Phi) is 12.7. The van der Waals surface area contributed by atoms with Gasteiger partial charge in [0.2, 0.25) is 5.91 Å². The fourth-order valence-corrected chi connectivity index (χ4v) is 3.28. The van der Waals surface area contributed by atoms with Gasteiger partial charge in [-0.25, -0.2) is 4.79 Å². The summed E-state index contributed by atoms with van der Waals surface area (Å²) in [6.07, 6.45) is 9.48. The van der Waals surface area contributed by atoms with Crippen LogP contribution in [0.5, 0.6) is 5.75 Å². The Hall–Kier alpha value is -2.24. The maximum atomic E-state index is 11.9. The number of aromatic hydroxyl groups is 1. The highest BCUT2D eigenvalue weighted by atomic mass is 16.6. The fraction of sp³-hybridized carbons (Fsp3) is 0.680. The summed E-state index contributed by atoms with van der Waals surface area (Å²) >= 11 is 0. The number of phenols is 1. The zero-order chi connectivity index (χ0) is 23.1. The number of phenolic OH excluding ortho intramolecular Hbond substituents is 1. The average Bonchev–Trinajstić information content (AvgIpc) is 2.69. The summed E-state index contributed by atoms with van der Waals surface area (Å²) in [6.45, 7) is 8.37. The molecule has 0 unspecified atom stereocenters. The lowest BCUT2D eigenvalue weighted by molar-refractivity contribution is -0.121. The van der Waals surface area contributed by atoms with Gasteiger partial charge in [-0.15, -0.1) is 0 Å². The molecule has 6 nitrogen and oxygen atoms in total. The third-order valence-electron chi connectivity index (χ3n) is 4.93. The molecule has 31 heavy (non-hydrogen) atoms. The molecule has 0 radical (unpaired) electrons. The fourth-order valence-electron chi connectivity index (χ4n) is 3.28. The van der Waals surface area contributed by atoms with E-state index >= 15 is 0 Å². The molecule has 0 aliphatic rings. The van der Waals surface area contributed by atoms with Crippen molar-refractivity contribution in [2.75, 3.05) is 13.1 Å². The molecule has 0 saturated heterocycles. The first-order chi connectivity index (χ1) is 14.7. The van der Waals surface area contributed by atoms with Crippen molar-refractivity contribution in [3.05, 3.63) is 29.3 Å². The highest BCUT2D eigenvalue weighted by Gasteiger charge is 2.15. The number of hydrogen-bond donors (Lipinski definition) is 3. The molecule has 2 amide bonds. The molecule has 3 N–H and O–H groups in total. The van der Waals surface area contributed by atoms with Crippen LogP contribution >= 0.6 is 0 Å². The molecule has 0 aromatic heterocycles. The molecule has 0 aliphatic carbocycles. The van der Waals surface area contributed by atoms with Crippen LogP contribution in [0.15, 0.2) is 18.2 Å². The normalized spacial score (nSPS) is 11.2. The second-order valence-electron chi connectivity index (χ2n) is 9.11. The summed E-state index contributed by atoms with van der Waals surface area (Å²) in [6, 6.07) is 5.99. The highest BCUT2D eigenvalue weighted by molar-refractivity contribution is 5.75. The largest absolute Gasteiger partial charge is 0.508 e. The molecule has 176 valence electrons. The van der Waals surface area contributed by atoms with Crippen LogP contribution in [0.3, 0.4) is 0 Å². The van der Waals surface area contributed by atoms with Gasteiger partial charge in [0.1, 0.15) is 11.4 Å². The first-order valence-electron chi connectivity index (χ1n) is 11.8. The van der Waals surface area contributed by atoms with E-state index in [-0.39, 0.29) is 5.91 Å². The van der Waals surface area contributed by atoms with Gasteiger partial charge in [0.15, 0.2) is 0 Å². The lowest BCUT2D eigenvalue weighted by Gasteiger charge is -2.19. The summed E-state index contributed by atoms with van der Waals surface area (Å²) < 4.78 is 5.14. The maximum Gasteiger partial charge on any atom is 0.407 e. The van der Waals surface area contributed by atoms with Gasteiger partial charge in [-0.2, -0.15) is 0 Å². The second kappa shape index (κ2) is 14.7. The van der Waals surface area contributed by atoms with Crippen molar-refractivity contribution in [1.82, 2.24) is 10.6 Å². The van der Waals surface area contributed by atoms with E-state index in [1.807, 2.05) is 32.9 Å². The van der Waals surface area contributed by atoms with Crippen molar-refractivity contribution in [3.63, 3.8) is 0 Å². The van der Waals surface area contributed by atoms with Crippen LogP contribution in [-0.4, -0.2) is 35.8 Å². The molecule has 1 rings (SSSR count). The van der Waals surface area contributed by atoms with Crippen LogP contribution < -0.4 is 10.6 Å². The van der Waals surface area contributed by atoms with Crippen LogP contribution in [0.25, 0.3) is 0 Å². The van der Waals surface area contributed by atoms with E-state index in [1.165, 1.54) is 18.4 Å². The molecule has 0 aliphatic heterocycles. The van der Waals surface area contributed by atoms with E-state index in [9.17, 15) is 14.7 Å². The Morgan fingerprint density at radius 2 is 1.61 bits per heavy atom. The SMILES string of the molecule is CCCCc1ccc(O)c(CCCCCCCC(=O)NCCNC(=O)OC(C)(C)C)c1. The van der Waals surface area contributed by atoms with Gasteiger partial charge in [-0.3, -0.25) is 4.79 Å². The third-order valence-corrected chi connectivity index (χ3v) is 4.93. The number of alkyl carbamates (subject to hydrolysis) is 1. The lowest BCUT2D eigenvalue weighted by Crippen LogP contribution is -2.37. The second-order valence-corrected chi connectivity index (χ2v) is 9.11. The first-order valence-corrected chi connectivity index (χ1v) is 11.8. The number of benzene rings is 1. The Bertz CT molecular complexity index is 668. The summed E-state index contributed by atoms with van der Waals surface area (Å²) in [5, 5.41) is 15.5. The van der Waals surface area contributed by atoms with Crippen molar-refractivity contribution in [2.45, 2.75) is 97.5 Å². The Morgan fingerprint density at radius 3 is 2.32 bits per heavy atom. The summed E-state index contributed by atoms with van der Waals surface area (Å²) in [5.41, 5.74) is 1.83. The maximum absolute atomic E-state index is 11.9. The van der Waals surface area contributed by atoms with Crippen LogP contribution in [0, 0.1) is 0 Å². The molecule has 0 fully saturated rings. The number of rotatable bonds is 14. The zero-order valence-electron chi connectivity index (χ0n) is 19.9. The number of aryl methyl sites for hydroxylation is 2. The minimum Gasteiger partial charge on any atom is -0.508 e. The Labute approximate surface area is 188 Å². The van der Waals surface area contributed by atoms with Crippen molar-refractivity contribution in [1.29, 1.82) is 0 Å². The van der Waals surface area contributed by atoms with Crippen LogP contribution in [-0.2, 0) is 22.4 Å². The van der Waals surface area contributed by atoms with Gasteiger partial charge >= 0.3 is 6.09 Å².